The Bertz CT molecular complexity index is 969. The van der Waals surface area contributed by atoms with Gasteiger partial charge in [0.05, 0.1) is 5.41 Å². The molecule has 5 rings (SSSR count). The molecule has 1 saturated heterocycles. The Balaban J connectivity index is 1.47. The molecule has 0 radical (unpaired) electrons. The summed E-state index contributed by atoms with van der Waals surface area (Å²) in [7, 11) is 0. The van der Waals surface area contributed by atoms with E-state index in [-0.39, 0.29) is 5.91 Å². The Morgan fingerprint density at radius 3 is 2.77 bits per heavy atom. The predicted molar refractivity (Wildman–Crippen MR) is 97.9 cm³/mol. The molecule has 26 heavy (non-hydrogen) atoms. The summed E-state index contributed by atoms with van der Waals surface area (Å²) in [4.78, 5) is 19.4. The maximum atomic E-state index is 12.8. The number of amides is 1. The summed E-state index contributed by atoms with van der Waals surface area (Å²) in [6, 6.07) is 17.7. The summed E-state index contributed by atoms with van der Waals surface area (Å²) in [6.07, 6.45) is 1.73. The van der Waals surface area contributed by atoms with E-state index in [0.29, 0.717) is 18.4 Å². The highest BCUT2D eigenvalue weighted by atomic mass is 16.5. The normalized spacial score (nSPS) is 21.7. The minimum Gasteiger partial charge on any atom is -0.337 e. The van der Waals surface area contributed by atoms with E-state index >= 15 is 0 Å². The van der Waals surface area contributed by atoms with Gasteiger partial charge in [-0.1, -0.05) is 36.4 Å². The minimum atomic E-state index is -0.539. The van der Waals surface area contributed by atoms with Crippen LogP contribution in [0.15, 0.2) is 59.1 Å². The standard InChI is InChI=1S/C20H18N4O2/c25-18-20(15-9-4-5-10-16(15)21-18)11-6-12-24(13-20)19-22-17(26-23-19)14-7-2-1-3-8-14/h1-5,7-10H,6,11-13H2,(H,21,25). The summed E-state index contributed by atoms with van der Waals surface area (Å²) in [5, 5.41) is 7.19. The molecule has 3 aromatic rings. The topological polar surface area (TPSA) is 71.3 Å². The predicted octanol–water partition coefficient (Wildman–Crippen LogP) is 3.23. The molecule has 6 nitrogen and oxygen atoms in total. The van der Waals surface area contributed by atoms with Crippen LogP contribution >= 0.6 is 0 Å². The molecule has 0 bridgehead atoms. The molecule has 2 aliphatic heterocycles. The van der Waals surface area contributed by atoms with Crippen molar-refractivity contribution in [2.75, 3.05) is 23.3 Å². The molecule has 2 aliphatic rings. The van der Waals surface area contributed by atoms with Gasteiger partial charge < -0.3 is 14.7 Å². The van der Waals surface area contributed by atoms with Gasteiger partial charge in [0.1, 0.15) is 0 Å². The van der Waals surface area contributed by atoms with Gasteiger partial charge in [-0.05, 0) is 41.8 Å². The maximum absolute atomic E-state index is 12.8. The fraction of sp³-hybridized carbons (Fsp3) is 0.250. The van der Waals surface area contributed by atoms with Crippen LogP contribution < -0.4 is 10.2 Å². The van der Waals surface area contributed by atoms with E-state index in [1.807, 2.05) is 54.6 Å². The van der Waals surface area contributed by atoms with Crippen LogP contribution in [-0.2, 0) is 10.2 Å². The largest absolute Gasteiger partial charge is 0.337 e. The van der Waals surface area contributed by atoms with Crippen molar-refractivity contribution in [3.8, 4) is 11.5 Å². The number of aromatic nitrogens is 2. The lowest BCUT2D eigenvalue weighted by molar-refractivity contribution is -0.121. The summed E-state index contributed by atoms with van der Waals surface area (Å²) in [6.45, 7) is 1.37. The molecular formula is C20H18N4O2. The zero-order valence-corrected chi connectivity index (χ0v) is 14.2. The zero-order chi connectivity index (χ0) is 17.6. The van der Waals surface area contributed by atoms with Crippen LogP contribution in [0.4, 0.5) is 11.6 Å². The van der Waals surface area contributed by atoms with Gasteiger partial charge in [0.2, 0.25) is 5.91 Å². The number of nitrogens with one attached hydrogen (secondary N) is 1. The SMILES string of the molecule is O=C1Nc2ccccc2C12CCCN(c1noc(-c3ccccc3)n1)C2. The number of fused-ring (bicyclic) bond motifs is 2. The molecule has 3 heterocycles. The number of rotatable bonds is 2. The highest BCUT2D eigenvalue weighted by Crippen LogP contribution is 2.44. The van der Waals surface area contributed by atoms with Crippen molar-refractivity contribution < 1.29 is 9.32 Å². The van der Waals surface area contributed by atoms with Crippen LogP contribution in [-0.4, -0.2) is 29.1 Å². The first-order chi connectivity index (χ1) is 12.8. The van der Waals surface area contributed by atoms with Gasteiger partial charge in [-0.15, -0.1) is 0 Å². The van der Waals surface area contributed by atoms with Gasteiger partial charge >= 0.3 is 0 Å². The Labute approximate surface area is 150 Å². The van der Waals surface area contributed by atoms with E-state index in [4.69, 9.17) is 4.52 Å². The van der Waals surface area contributed by atoms with Crippen LogP contribution in [0, 0.1) is 0 Å². The van der Waals surface area contributed by atoms with Crippen molar-refractivity contribution in [1.29, 1.82) is 0 Å². The number of piperidine rings is 1. The van der Waals surface area contributed by atoms with Crippen LogP contribution in [0.5, 0.6) is 0 Å². The molecule has 6 heteroatoms. The van der Waals surface area contributed by atoms with E-state index in [0.717, 1.165) is 36.2 Å². The Morgan fingerprint density at radius 1 is 1.08 bits per heavy atom. The molecule has 0 aliphatic carbocycles. The molecule has 1 unspecified atom stereocenters. The number of para-hydroxylation sites is 1. The van der Waals surface area contributed by atoms with E-state index in [2.05, 4.69) is 20.4 Å². The number of anilines is 2. The minimum absolute atomic E-state index is 0.0650. The number of hydrogen-bond acceptors (Lipinski definition) is 5. The molecule has 1 atom stereocenters. The van der Waals surface area contributed by atoms with E-state index in [9.17, 15) is 4.79 Å². The fourth-order valence-electron chi connectivity index (χ4n) is 4.05. The van der Waals surface area contributed by atoms with Crippen LogP contribution in [0.2, 0.25) is 0 Å². The quantitative estimate of drug-likeness (QED) is 0.771. The van der Waals surface area contributed by atoms with E-state index in [1.54, 1.807) is 0 Å². The first kappa shape index (κ1) is 15.1. The van der Waals surface area contributed by atoms with E-state index in [1.165, 1.54) is 0 Å². The van der Waals surface area contributed by atoms with Crippen LogP contribution in [0.25, 0.3) is 11.5 Å². The van der Waals surface area contributed by atoms with Crippen molar-refractivity contribution in [3.05, 3.63) is 60.2 Å². The molecule has 1 fully saturated rings. The monoisotopic (exact) mass is 346 g/mol. The second kappa shape index (κ2) is 5.69. The van der Waals surface area contributed by atoms with Crippen molar-refractivity contribution in [2.45, 2.75) is 18.3 Å². The third-order valence-electron chi connectivity index (χ3n) is 5.34. The highest BCUT2D eigenvalue weighted by Gasteiger charge is 2.49. The molecule has 1 spiro atoms. The second-order valence-electron chi connectivity index (χ2n) is 6.87. The lowest BCUT2D eigenvalue weighted by Gasteiger charge is -2.38. The first-order valence-electron chi connectivity index (χ1n) is 8.81. The Hall–Kier alpha value is -3.15. The van der Waals surface area contributed by atoms with Gasteiger partial charge in [-0.2, -0.15) is 4.98 Å². The van der Waals surface area contributed by atoms with Gasteiger partial charge in [0.15, 0.2) is 0 Å². The molecule has 0 saturated carbocycles. The number of carbonyl (C=O) groups is 1. The first-order valence-corrected chi connectivity index (χ1v) is 8.81. The van der Waals surface area contributed by atoms with Crippen LogP contribution in [0.1, 0.15) is 18.4 Å². The second-order valence-corrected chi connectivity index (χ2v) is 6.87. The number of nitrogens with zero attached hydrogens (tertiary/aromatic N) is 3. The summed E-state index contributed by atoms with van der Waals surface area (Å²) < 4.78 is 5.45. The van der Waals surface area contributed by atoms with Crippen molar-refractivity contribution >= 4 is 17.5 Å². The van der Waals surface area contributed by atoms with Crippen LogP contribution in [0.3, 0.4) is 0 Å². The number of carbonyl (C=O) groups excluding carboxylic acids is 1. The van der Waals surface area contributed by atoms with Crippen molar-refractivity contribution in [3.63, 3.8) is 0 Å². The third kappa shape index (κ3) is 2.22. The molecule has 2 aromatic carbocycles. The molecule has 1 aromatic heterocycles. The van der Waals surface area contributed by atoms with Gasteiger partial charge in [-0.3, -0.25) is 4.79 Å². The molecular weight excluding hydrogens is 328 g/mol. The average molecular weight is 346 g/mol. The molecule has 1 amide bonds. The summed E-state index contributed by atoms with van der Waals surface area (Å²) >= 11 is 0. The smallest absolute Gasteiger partial charge is 0.266 e. The van der Waals surface area contributed by atoms with Gasteiger partial charge in [0.25, 0.3) is 11.8 Å². The summed E-state index contributed by atoms with van der Waals surface area (Å²) in [5.74, 6) is 1.10. The average Bonchev–Trinajstić information content (AvgIpc) is 3.28. The van der Waals surface area contributed by atoms with Gasteiger partial charge in [0, 0.05) is 24.3 Å². The summed E-state index contributed by atoms with van der Waals surface area (Å²) in [5.41, 5.74) is 2.34. The zero-order valence-electron chi connectivity index (χ0n) is 14.2. The van der Waals surface area contributed by atoms with Crippen molar-refractivity contribution in [2.24, 2.45) is 0 Å². The van der Waals surface area contributed by atoms with Gasteiger partial charge in [-0.25, -0.2) is 0 Å². The Kier molecular flexibility index (Phi) is 3.31. The van der Waals surface area contributed by atoms with Crippen molar-refractivity contribution in [1.82, 2.24) is 10.1 Å². The molecule has 130 valence electrons. The Morgan fingerprint density at radius 2 is 1.88 bits per heavy atom. The molecule has 1 N–H and O–H groups in total. The number of benzene rings is 2. The fourth-order valence-corrected chi connectivity index (χ4v) is 4.05. The van der Waals surface area contributed by atoms with E-state index < -0.39 is 5.41 Å². The lowest BCUT2D eigenvalue weighted by Crippen LogP contribution is -2.50. The third-order valence-corrected chi connectivity index (χ3v) is 5.34. The lowest BCUT2D eigenvalue weighted by atomic mass is 9.75. The number of hydrogen-bond donors (Lipinski definition) is 1. The maximum Gasteiger partial charge on any atom is 0.266 e. The highest BCUT2D eigenvalue weighted by molar-refractivity contribution is 6.06.